The van der Waals surface area contributed by atoms with E-state index in [4.69, 9.17) is 0 Å². The van der Waals surface area contributed by atoms with Crippen LogP contribution in [0.2, 0.25) is 0 Å². The van der Waals surface area contributed by atoms with E-state index in [9.17, 15) is 0 Å². The maximum absolute atomic E-state index is 3.42. The number of aromatic nitrogens is 1. The molecular formula is C20H22N2. The van der Waals surface area contributed by atoms with Crippen molar-refractivity contribution >= 4 is 10.9 Å². The summed E-state index contributed by atoms with van der Waals surface area (Å²) in [5.74, 6) is 0.697. The highest BCUT2D eigenvalue weighted by molar-refractivity contribution is 5.83. The van der Waals surface area contributed by atoms with Gasteiger partial charge in [0.05, 0.1) is 0 Å². The van der Waals surface area contributed by atoms with Gasteiger partial charge in [-0.2, -0.15) is 0 Å². The van der Waals surface area contributed by atoms with Crippen molar-refractivity contribution in [3.8, 4) is 0 Å². The summed E-state index contributed by atoms with van der Waals surface area (Å²) in [5, 5.41) is 1.41. The molecule has 1 aliphatic heterocycles. The largest absolute Gasteiger partial charge is 0.361 e. The average Bonchev–Trinajstić information content (AvgIpc) is 3.01. The Morgan fingerprint density at radius 2 is 1.64 bits per heavy atom. The van der Waals surface area contributed by atoms with Crippen molar-refractivity contribution in [1.29, 1.82) is 0 Å². The van der Waals surface area contributed by atoms with Crippen molar-refractivity contribution in [3.63, 3.8) is 0 Å². The minimum Gasteiger partial charge on any atom is -0.361 e. The molecule has 2 heterocycles. The second-order valence-corrected chi connectivity index (χ2v) is 6.33. The molecule has 0 radical (unpaired) electrons. The van der Waals surface area contributed by atoms with E-state index in [1.54, 1.807) is 0 Å². The third kappa shape index (κ3) is 2.67. The first-order chi connectivity index (χ1) is 10.9. The molecule has 1 N–H and O–H groups in total. The fraction of sp³-hybridized carbons (Fsp3) is 0.300. The van der Waals surface area contributed by atoms with Crippen LogP contribution < -0.4 is 0 Å². The van der Waals surface area contributed by atoms with Crippen molar-refractivity contribution in [2.24, 2.45) is 0 Å². The number of para-hydroxylation sites is 1. The summed E-state index contributed by atoms with van der Waals surface area (Å²) in [6.07, 6.45) is 4.74. The molecule has 1 aliphatic rings. The van der Waals surface area contributed by atoms with Crippen LogP contribution in [-0.4, -0.2) is 23.0 Å². The Morgan fingerprint density at radius 1 is 0.909 bits per heavy atom. The summed E-state index contributed by atoms with van der Waals surface area (Å²) in [6.45, 7) is 3.47. The highest BCUT2D eigenvalue weighted by Crippen LogP contribution is 2.33. The van der Waals surface area contributed by atoms with Gasteiger partial charge in [0, 0.05) is 23.6 Å². The lowest BCUT2D eigenvalue weighted by Gasteiger charge is -2.32. The smallest absolute Gasteiger partial charge is 0.0456 e. The average molecular weight is 290 g/mol. The first-order valence-corrected chi connectivity index (χ1v) is 8.22. The van der Waals surface area contributed by atoms with Crippen LogP contribution in [-0.2, 0) is 6.54 Å². The number of hydrogen-bond donors (Lipinski definition) is 1. The number of aromatic amines is 1. The van der Waals surface area contributed by atoms with Gasteiger partial charge in [-0.3, -0.25) is 4.90 Å². The molecule has 3 aromatic rings. The first kappa shape index (κ1) is 13.6. The number of piperidine rings is 1. The molecule has 0 amide bonds. The molecule has 4 rings (SSSR count). The molecule has 0 aliphatic carbocycles. The van der Waals surface area contributed by atoms with E-state index < -0.39 is 0 Å². The molecule has 2 nitrogen and oxygen atoms in total. The highest BCUT2D eigenvalue weighted by atomic mass is 15.1. The number of likely N-dealkylation sites (tertiary alicyclic amines) is 1. The van der Waals surface area contributed by atoms with Gasteiger partial charge in [0.1, 0.15) is 0 Å². The summed E-state index contributed by atoms with van der Waals surface area (Å²) >= 11 is 0. The van der Waals surface area contributed by atoms with Crippen molar-refractivity contribution in [2.75, 3.05) is 13.1 Å². The predicted molar refractivity (Wildman–Crippen MR) is 92.0 cm³/mol. The summed E-state index contributed by atoms with van der Waals surface area (Å²) in [5.41, 5.74) is 4.20. The number of nitrogens with zero attached hydrogens (tertiary/aromatic N) is 1. The Kier molecular flexibility index (Phi) is 3.69. The molecule has 1 saturated heterocycles. The van der Waals surface area contributed by atoms with Crippen LogP contribution in [0.5, 0.6) is 0 Å². The molecule has 1 fully saturated rings. The first-order valence-electron chi connectivity index (χ1n) is 8.22. The lowest BCUT2D eigenvalue weighted by Crippen LogP contribution is -2.32. The number of fused-ring (bicyclic) bond motifs is 1. The highest BCUT2D eigenvalue weighted by Gasteiger charge is 2.22. The van der Waals surface area contributed by atoms with E-state index in [2.05, 4.69) is 70.7 Å². The predicted octanol–water partition coefficient (Wildman–Crippen LogP) is 4.55. The van der Waals surface area contributed by atoms with Crippen LogP contribution in [0.1, 0.15) is 29.9 Å². The van der Waals surface area contributed by atoms with Crippen LogP contribution in [0.3, 0.4) is 0 Å². The molecule has 2 aromatic carbocycles. The zero-order valence-corrected chi connectivity index (χ0v) is 12.8. The van der Waals surface area contributed by atoms with Gasteiger partial charge in [-0.25, -0.2) is 0 Å². The number of nitrogens with one attached hydrogen (secondary N) is 1. The van der Waals surface area contributed by atoms with Gasteiger partial charge in [-0.1, -0.05) is 48.5 Å². The molecule has 1 aromatic heterocycles. The zero-order valence-electron chi connectivity index (χ0n) is 12.8. The van der Waals surface area contributed by atoms with Crippen LogP contribution in [0.25, 0.3) is 10.9 Å². The summed E-state index contributed by atoms with van der Waals surface area (Å²) in [6, 6.07) is 19.5. The van der Waals surface area contributed by atoms with Gasteiger partial charge < -0.3 is 4.98 Å². The standard InChI is InChI=1S/C20H22N2/c1-2-6-16(7-3-1)15-22-12-10-17(11-13-22)19-14-21-20-9-5-4-8-18(19)20/h1-9,14,17,21H,10-13,15H2. The van der Waals surface area contributed by atoms with Gasteiger partial charge in [0.2, 0.25) is 0 Å². The third-order valence-electron chi connectivity index (χ3n) is 4.90. The van der Waals surface area contributed by atoms with Crippen LogP contribution in [0.15, 0.2) is 60.8 Å². The molecule has 112 valence electrons. The van der Waals surface area contributed by atoms with Crippen molar-refractivity contribution in [2.45, 2.75) is 25.3 Å². The molecule has 0 unspecified atom stereocenters. The van der Waals surface area contributed by atoms with Crippen molar-refractivity contribution < 1.29 is 0 Å². The molecule has 0 saturated carbocycles. The second-order valence-electron chi connectivity index (χ2n) is 6.33. The lowest BCUT2D eigenvalue weighted by atomic mass is 9.89. The zero-order chi connectivity index (χ0) is 14.8. The maximum Gasteiger partial charge on any atom is 0.0456 e. The van der Waals surface area contributed by atoms with Gasteiger partial charge in [-0.05, 0) is 49.0 Å². The van der Waals surface area contributed by atoms with Crippen molar-refractivity contribution in [3.05, 3.63) is 71.9 Å². The third-order valence-corrected chi connectivity index (χ3v) is 4.90. The Labute approximate surface area is 131 Å². The molecule has 22 heavy (non-hydrogen) atoms. The summed E-state index contributed by atoms with van der Waals surface area (Å²) in [4.78, 5) is 6.01. The molecular weight excluding hydrogens is 268 g/mol. The minimum atomic E-state index is 0.697. The number of hydrogen-bond acceptors (Lipinski definition) is 1. The minimum absolute atomic E-state index is 0.697. The number of benzene rings is 2. The quantitative estimate of drug-likeness (QED) is 0.750. The van der Waals surface area contributed by atoms with Crippen LogP contribution in [0.4, 0.5) is 0 Å². The molecule has 0 bridgehead atoms. The van der Waals surface area contributed by atoms with E-state index in [1.165, 1.54) is 48.0 Å². The van der Waals surface area contributed by atoms with Crippen molar-refractivity contribution in [1.82, 2.24) is 9.88 Å². The van der Waals surface area contributed by atoms with Gasteiger partial charge in [0.15, 0.2) is 0 Å². The fourth-order valence-corrected chi connectivity index (χ4v) is 3.68. The van der Waals surface area contributed by atoms with E-state index in [0.29, 0.717) is 5.92 Å². The van der Waals surface area contributed by atoms with Gasteiger partial charge >= 0.3 is 0 Å². The normalized spacial score (nSPS) is 17.1. The summed E-state index contributed by atoms with van der Waals surface area (Å²) < 4.78 is 0. The SMILES string of the molecule is c1ccc(CN2CCC(c3c[nH]c4ccccc34)CC2)cc1. The summed E-state index contributed by atoms with van der Waals surface area (Å²) in [7, 11) is 0. The molecule has 0 spiro atoms. The molecule has 0 atom stereocenters. The Bertz CT molecular complexity index is 737. The second kappa shape index (κ2) is 5.98. The monoisotopic (exact) mass is 290 g/mol. The van der Waals surface area contributed by atoms with Crippen LogP contribution in [0, 0.1) is 0 Å². The van der Waals surface area contributed by atoms with Gasteiger partial charge in [0.25, 0.3) is 0 Å². The van der Waals surface area contributed by atoms with Gasteiger partial charge in [-0.15, -0.1) is 0 Å². The number of H-pyrrole nitrogens is 1. The molecule has 2 heteroatoms. The van der Waals surface area contributed by atoms with E-state index in [1.807, 2.05) is 0 Å². The van der Waals surface area contributed by atoms with Crippen LogP contribution >= 0.6 is 0 Å². The fourth-order valence-electron chi connectivity index (χ4n) is 3.68. The van der Waals surface area contributed by atoms with E-state index in [-0.39, 0.29) is 0 Å². The maximum atomic E-state index is 3.42. The Morgan fingerprint density at radius 3 is 2.45 bits per heavy atom. The topological polar surface area (TPSA) is 19.0 Å². The number of rotatable bonds is 3. The Hall–Kier alpha value is -2.06. The Balaban J connectivity index is 1.43. The lowest BCUT2D eigenvalue weighted by molar-refractivity contribution is 0.205. The van der Waals surface area contributed by atoms with E-state index in [0.717, 1.165) is 6.54 Å². The van der Waals surface area contributed by atoms with E-state index >= 15 is 0 Å².